The second-order valence-electron chi connectivity index (χ2n) is 4.07. The first-order chi connectivity index (χ1) is 8.47. The highest BCUT2D eigenvalue weighted by Crippen LogP contribution is 2.15. The summed E-state index contributed by atoms with van der Waals surface area (Å²) in [5, 5.41) is 8.87. The fourth-order valence-corrected chi connectivity index (χ4v) is 1.69. The summed E-state index contributed by atoms with van der Waals surface area (Å²) < 4.78 is 6.56. The van der Waals surface area contributed by atoms with Gasteiger partial charge in [-0.1, -0.05) is 0 Å². The van der Waals surface area contributed by atoms with E-state index in [4.69, 9.17) is 9.52 Å². The van der Waals surface area contributed by atoms with Crippen molar-refractivity contribution in [1.29, 1.82) is 0 Å². The second kappa shape index (κ2) is 4.48. The molecule has 2 heterocycles. The predicted octanol–water partition coefficient (Wildman–Crippen LogP) is 1.20. The Morgan fingerprint density at radius 2 is 2.22 bits per heavy atom. The molecule has 18 heavy (non-hydrogen) atoms. The topological polar surface area (TPSA) is 85.3 Å². The summed E-state index contributed by atoms with van der Waals surface area (Å²) in [5.41, 5.74) is 0.981. The largest absolute Gasteiger partial charge is 0.475 e. The third-order valence-corrected chi connectivity index (χ3v) is 2.47. The molecule has 0 bridgehead atoms. The average Bonchev–Trinajstić information content (AvgIpc) is 2.65. The van der Waals surface area contributed by atoms with Crippen molar-refractivity contribution < 1.29 is 14.3 Å². The van der Waals surface area contributed by atoms with Crippen molar-refractivity contribution in [3.63, 3.8) is 0 Å². The van der Waals surface area contributed by atoms with Gasteiger partial charge in [0.15, 0.2) is 0 Å². The van der Waals surface area contributed by atoms with Gasteiger partial charge in [-0.15, -0.1) is 0 Å². The van der Waals surface area contributed by atoms with Gasteiger partial charge in [0.25, 0.3) is 0 Å². The van der Waals surface area contributed by atoms with Crippen LogP contribution in [0.5, 0.6) is 0 Å². The Bertz CT molecular complexity index is 654. The first-order valence-corrected chi connectivity index (χ1v) is 5.33. The molecule has 2 aromatic rings. The number of aromatic carboxylic acids is 1. The molecule has 0 radical (unpaired) electrons. The van der Waals surface area contributed by atoms with Gasteiger partial charge in [-0.2, -0.15) is 0 Å². The number of rotatable bonds is 3. The zero-order valence-corrected chi connectivity index (χ0v) is 10.0. The van der Waals surface area contributed by atoms with Crippen LogP contribution < -0.4 is 5.69 Å². The van der Waals surface area contributed by atoms with Gasteiger partial charge in [-0.25, -0.2) is 14.6 Å². The summed E-state index contributed by atoms with van der Waals surface area (Å²) in [6.07, 6.45) is 3.13. The van der Waals surface area contributed by atoms with Crippen molar-refractivity contribution in [2.75, 3.05) is 0 Å². The van der Waals surface area contributed by atoms with Gasteiger partial charge < -0.3 is 9.52 Å². The smallest absolute Gasteiger partial charge is 0.372 e. The summed E-state index contributed by atoms with van der Waals surface area (Å²) in [4.78, 5) is 26.0. The van der Waals surface area contributed by atoms with Gasteiger partial charge in [-0.3, -0.25) is 4.57 Å². The van der Waals surface area contributed by atoms with E-state index in [2.05, 4.69) is 4.98 Å². The van der Waals surface area contributed by atoms with Gasteiger partial charge in [0, 0.05) is 18.0 Å². The van der Waals surface area contributed by atoms with E-state index in [1.807, 2.05) is 6.92 Å². The fourth-order valence-electron chi connectivity index (χ4n) is 1.69. The third-order valence-electron chi connectivity index (χ3n) is 2.47. The lowest BCUT2D eigenvalue weighted by molar-refractivity contribution is 0.0659. The third kappa shape index (κ3) is 2.32. The molecule has 1 N–H and O–H groups in total. The zero-order chi connectivity index (χ0) is 13.3. The minimum atomic E-state index is -1.12. The van der Waals surface area contributed by atoms with Crippen LogP contribution in [0.3, 0.4) is 0 Å². The van der Waals surface area contributed by atoms with E-state index in [9.17, 15) is 9.59 Å². The van der Waals surface area contributed by atoms with Crippen LogP contribution in [0.1, 0.15) is 27.4 Å². The number of carboxylic acids is 1. The van der Waals surface area contributed by atoms with Gasteiger partial charge in [0.2, 0.25) is 5.76 Å². The molecule has 0 atom stereocenters. The highest BCUT2D eigenvalue weighted by atomic mass is 16.4. The summed E-state index contributed by atoms with van der Waals surface area (Å²) in [6, 6.07) is 1.61. The lowest BCUT2D eigenvalue weighted by atomic mass is 10.2. The molecule has 0 amide bonds. The summed E-state index contributed by atoms with van der Waals surface area (Å²) in [7, 11) is 0. The lowest BCUT2D eigenvalue weighted by Gasteiger charge is -2.02. The van der Waals surface area contributed by atoms with E-state index in [1.54, 1.807) is 19.2 Å². The molecule has 0 aliphatic carbocycles. The van der Waals surface area contributed by atoms with Crippen LogP contribution in [0.4, 0.5) is 0 Å². The molecular formula is C12H12N2O4. The van der Waals surface area contributed by atoms with Gasteiger partial charge in [0.05, 0.1) is 6.54 Å². The standard InChI is InChI=1S/C12H12N2O4/c1-7-4-13-12(17)14(5-7)6-9-3-8(2)10(18-9)11(15)16/h3-5H,6H2,1-2H3,(H,15,16). The first-order valence-electron chi connectivity index (χ1n) is 5.33. The van der Waals surface area contributed by atoms with Crippen LogP contribution in [0.15, 0.2) is 27.7 Å². The van der Waals surface area contributed by atoms with E-state index in [-0.39, 0.29) is 12.3 Å². The molecule has 0 aromatic carbocycles. The minimum Gasteiger partial charge on any atom is -0.475 e. The summed E-state index contributed by atoms with van der Waals surface area (Å²) in [6.45, 7) is 3.63. The molecule has 0 saturated carbocycles. The van der Waals surface area contributed by atoms with Crippen LogP contribution in [0, 0.1) is 13.8 Å². The zero-order valence-electron chi connectivity index (χ0n) is 10.0. The molecule has 2 rings (SSSR count). The molecule has 94 valence electrons. The molecule has 6 heteroatoms. The highest BCUT2D eigenvalue weighted by Gasteiger charge is 2.14. The van der Waals surface area contributed by atoms with E-state index in [1.165, 1.54) is 10.8 Å². The molecule has 0 fully saturated rings. The molecule has 0 spiro atoms. The number of carbonyl (C=O) groups is 1. The Labute approximate surface area is 103 Å². The van der Waals surface area contributed by atoms with Crippen LogP contribution in [0.25, 0.3) is 0 Å². The molecule has 0 aliphatic rings. The maximum atomic E-state index is 11.5. The van der Waals surface area contributed by atoms with Crippen molar-refractivity contribution in [2.24, 2.45) is 0 Å². The number of aryl methyl sites for hydroxylation is 2. The number of nitrogens with zero attached hydrogens (tertiary/aromatic N) is 2. The minimum absolute atomic E-state index is 0.0985. The second-order valence-corrected chi connectivity index (χ2v) is 4.07. The highest BCUT2D eigenvalue weighted by molar-refractivity contribution is 5.86. The Morgan fingerprint density at radius 1 is 1.50 bits per heavy atom. The first kappa shape index (κ1) is 12.1. The Balaban J connectivity index is 2.34. The van der Waals surface area contributed by atoms with Crippen molar-refractivity contribution in [3.05, 3.63) is 51.6 Å². The SMILES string of the molecule is Cc1cnc(=O)n(Cc2cc(C)c(C(=O)O)o2)c1. The van der Waals surface area contributed by atoms with Crippen molar-refractivity contribution >= 4 is 5.97 Å². The van der Waals surface area contributed by atoms with Crippen molar-refractivity contribution in [2.45, 2.75) is 20.4 Å². The van der Waals surface area contributed by atoms with E-state index in [0.717, 1.165) is 5.56 Å². The fraction of sp³-hybridized carbons (Fsp3) is 0.250. The van der Waals surface area contributed by atoms with E-state index in [0.29, 0.717) is 11.3 Å². The molecule has 6 nitrogen and oxygen atoms in total. The normalized spacial score (nSPS) is 10.6. The van der Waals surface area contributed by atoms with Gasteiger partial charge in [-0.05, 0) is 25.5 Å². The Hall–Kier alpha value is -2.37. The molecule has 0 saturated heterocycles. The van der Waals surface area contributed by atoms with Crippen molar-refractivity contribution in [3.8, 4) is 0 Å². The number of aromatic nitrogens is 2. The molecule has 2 aromatic heterocycles. The van der Waals surface area contributed by atoms with Crippen LogP contribution in [-0.2, 0) is 6.54 Å². The van der Waals surface area contributed by atoms with Gasteiger partial charge in [0.1, 0.15) is 5.76 Å². The maximum absolute atomic E-state index is 11.5. The maximum Gasteiger partial charge on any atom is 0.372 e. The average molecular weight is 248 g/mol. The Morgan fingerprint density at radius 3 is 2.83 bits per heavy atom. The monoisotopic (exact) mass is 248 g/mol. The van der Waals surface area contributed by atoms with Crippen molar-refractivity contribution in [1.82, 2.24) is 9.55 Å². The van der Waals surface area contributed by atoms with Gasteiger partial charge >= 0.3 is 11.7 Å². The van der Waals surface area contributed by atoms with Crippen LogP contribution in [0.2, 0.25) is 0 Å². The summed E-state index contributed by atoms with van der Waals surface area (Å²) >= 11 is 0. The Kier molecular flexibility index (Phi) is 3.01. The van der Waals surface area contributed by atoms with Crippen LogP contribution in [-0.4, -0.2) is 20.6 Å². The van der Waals surface area contributed by atoms with E-state index >= 15 is 0 Å². The number of furan rings is 1. The van der Waals surface area contributed by atoms with Crippen LogP contribution >= 0.6 is 0 Å². The molecular weight excluding hydrogens is 236 g/mol. The number of hydrogen-bond acceptors (Lipinski definition) is 4. The number of hydrogen-bond donors (Lipinski definition) is 1. The number of carboxylic acid groups (broad SMARTS) is 1. The van der Waals surface area contributed by atoms with E-state index < -0.39 is 11.7 Å². The molecule has 0 aliphatic heterocycles. The predicted molar refractivity (Wildman–Crippen MR) is 62.7 cm³/mol. The quantitative estimate of drug-likeness (QED) is 0.882. The lowest BCUT2D eigenvalue weighted by Crippen LogP contribution is -2.22. The summed E-state index contributed by atoms with van der Waals surface area (Å²) in [5.74, 6) is -0.800. The molecule has 0 unspecified atom stereocenters.